The molecule has 0 amide bonds. The highest BCUT2D eigenvalue weighted by Crippen LogP contribution is 2.29. The minimum Gasteiger partial charge on any atom is -0.329 e. The number of alkyl halides is 3. The van der Waals surface area contributed by atoms with Crippen molar-refractivity contribution in [3.8, 4) is 17.5 Å². The van der Waals surface area contributed by atoms with E-state index in [9.17, 15) is 27.6 Å². The number of carbonyl (C=O) groups is 1. The number of hydrogen-bond donors (Lipinski definition) is 0. The van der Waals surface area contributed by atoms with Gasteiger partial charge < -0.3 is 4.52 Å². The zero-order valence-electron chi connectivity index (χ0n) is 13.2. The van der Waals surface area contributed by atoms with Crippen LogP contribution in [0.3, 0.4) is 0 Å². The molecule has 10 heteroatoms. The van der Waals surface area contributed by atoms with Crippen LogP contribution in [0.2, 0.25) is 0 Å². The van der Waals surface area contributed by atoms with Crippen LogP contribution in [0.25, 0.3) is 11.4 Å². The van der Waals surface area contributed by atoms with Gasteiger partial charge in [0, 0.05) is 11.1 Å². The monoisotopic (exact) mass is 376 g/mol. The Kier molecular flexibility index (Phi) is 4.68. The standard InChI is InChI=1S/C17H8F4N4O2/c18-11-5-6-13(23-8-11)12(7-22)14(26)9-1-3-10(4-2-9)15-24-16(27-25-15)17(19,20)21/h1-6,8,12H. The van der Waals surface area contributed by atoms with E-state index in [0.29, 0.717) is 0 Å². The fraction of sp³-hybridized carbons (Fsp3) is 0.118. The van der Waals surface area contributed by atoms with Gasteiger partial charge in [0.1, 0.15) is 5.82 Å². The third-order valence-electron chi connectivity index (χ3n) is 3.53. The fourth-order valence-corrected chi connectivity index (χ4v) is 2.22. The van der Waals surface area contributed by atoms with Gasteiger partial charge in [-0.15, -0.1) is 0 Å². The summed E-state index contributed by atoms with van der Waals surface area (Å²) >= 11 is 0. The molecule has 0 aliphatic carbocycles. The van der Waals surface area contributed by atoms with Crippen molar-refractivity contribution in [3.05, 3.63) is 65.6 Å². The van der Waals surface area contributed by atoms with E-state index >= 15 is 0 Å². The number of benzene rings is 1. The zero-order valence-corrected chi connectivity index (χ0v) is 13.2. The van der Waals surface area contributed by atoms with Gasteiger partial charge in [-0.25, -0.2) is 4.39 Å². The summed E-state index contributed by atoms with van der Waals surface area (Å²) in [5.41, 5.74) is 0.399. The molecule has 0 N–H and O–H groups in total. The second kappa shape index (κ2) is 6.95. The van der Waals surface area contributed by atoms with Crippen molar-refractivity contribution < 1.29 is 26.9 Å². The Hall–Kier alpha value is -3.61. The second-order valence-corrected chi connectivity index (χ2v) is 5.33. The number of aromatic nitrogens is 3. The van der Waals surface area contributed by atoms with Crippen LogP contribution >= 0.6 is 0 Å². The Morgan fingerprint density at radius 1 is 1.15 bits per heavy atom. The molecule has 1 atom stereocenters. The number of nitrogens with zero attached hydrogens (tertiary/aromatic N) is 4. The predicted octanol–water partition coefficient (Wildman–Crippen LogP) is 3.78. The SMILES string of the molecule is N#CC(C(=O)c1ccc(-c2noc(C(F)(F)F)n2)cc1)c1ccc(F)cn1. The highest BCUT2D eigenvalue weighted by Gasteiger charge is 2.38. The summed E-state index contributed by atoms with van der Waals surface area (Å²) in [6, 6.07) is 9.39. The molecule has 0 aliphatic heterocycles. The molecule has 0 radical (unpaired) electrons. The van der Waals surface area contributed by atoms with Gasteiger partial charge in [0.2, 0.25) is 5.82 Å². The van der Waals surface area contributed by atoms with Crippen LogP contribution in [0.4, 0.5) is 17.6 Å². The van der Waals surface area contributed by atoms with Crippen molar-refractivity contribution in [3.63, 3.8) is 0 Å². The lowest BCUT2D eigenvalue weighted by molar-refractivity contribution is -0.159. The van der Waals surface area contributed by atoms with E-state index in [1.807, 2.05) is 0 Å². The lowest BCUT2D eigenvalue weighted by Crippen LogP contribution is -2.12. The normalized spacial score (nSPS) is 12.4. The lowest BCUT2D eigenvalue weighted by atomic mass is 9.95. The maximum atomic E-state index is 12.9. The van der Waals surface area contributed by atoms with Gasteiger partial charge in [0.15, 0.2) is 11.7 Å². The summed E-state index contributed by atoms with van der Waals surface area (Å²) in [6.45, 7) is 0. The first-order chi connectivity index (χ1) is 12.8. The first-order valence-corrected chi connectivity index (χ1v) is 7.36. The third-order valence-corrected chi connectivity index (χ3v) is 3.53. The molecule has 3 aromatic rings. The molecule has 0 fully saturated rings. The second-order valence-electron chi connectivity index (χ2n) is 5.33. The lowest BCUT2D eigenvalue weighted by Gasteiger charge is -2.08. The molecule has 136 valence electrons. The van der Waals surface area contributed by atoms with Crippen LogP contribution in [-0.2, 0) is 6.18 Å². The number of pyridine rings is 1. The minimum absolute atomic E-state index is 0.0842. The summed E-state index contributed by atoms with van der Waals surface area (Å²) < 4.78 is 54.6. The molecule has 0 spiro atoms. The van der Waals surface area contributed by atoms with Crippen LogP contribution in [0.5, 0.6) is 0 Å². The number of halogens is 4. The highest BCUT2D eigenvalue weighted by molar-refractivity contribution is 6.02. The number of Topliss-reactive ketones (excluding diaryl/α,β-unsaturated/α-hetero) is 1. The van der Waals surface area contributed by atoms with Crippen LogP contribution in [-0.4, -0.2) is 20.9 Å². The molecule has 0 saturated carbocycles. The molecule has 3 rings (SSSR count). The van der Waals surface area contributed by atoms with Crippen molar-refractivity contribution in [2.75, 3.05) is 0 Å². The molecule has 0 bridgehead atoms. The molecule has 0 saturated heterocycles. The number of hydrogen-bond acceptors (Lipinski definition) is 6. The van der Waals surface area contributed by atoms with Gasteiger partial charge in [-0.3, -0.25) is 9.78 Å². The average Bonchev–Trinajstić information content (AvgIpc) is 3.14. The van der Waals surface area contributed by atoms with E-state index in [4.69, 9.17) is 0 Å². The van der Waals surface area contributed by atoms with E-state index in [2.05, 4.69) is 19.6 Å². The highest BCUT2D eigenvalue weighted by atomic mass is 19.4. The number of nitriles is 1. The molecular weight excluding hydrogens is 368 g/mol. The van der Waals surface area contributed by atoms with E-state index in [1.165, 1.54) is 30.3 Å². The Morgan fingerprint density at radius 3 is 2.37 bits per heavy atom. The van der Waals surface area contributed by atoms with Crippen LogP contribution < -0.4 is 0 Å². The maximum Gasteiger partial charge on any atom is 0.471 e. The molecule has 0 aliphatic rings. The first-order valence-electron chi connectivity index (χ1n) is 7.36. The fourth-order valence-electron chi connectivity index (χ4n) is 2.22. The van der Waals surface area contributed by atoms with Gasteiger partial charge in [-0.1, -0.05) is 29.4 Å². The Labute approximate surface area is 149 Å². The summed E-state index contributed by atoms with van der Waals surface area (Å²) in [5.74, 6) is -4.22. The molecule has 27 heavy (non-hydrogen) atoms. The smallest absolute Gasteiger partial charge is 0.329 e. The molecule has 1 aromatic carbocycles. The number of ketones is 1. The van der Waals surface area contributed by atoms with Gasteiger partial charge >= 0.3 is 12.1 Å². The largest absolute Gasteiger partial charge is 0.471 e. The summed E-state index contributed by atoms with van der Waals surface area (Å²) in [6.07, 6.45) is -3.87. The van der Waals surface area contributed by atoms with Crippen molar-refractivity contribution in [1.82, 2.24) is 15.1 Å². The number of rotatable bonds is 4. The molecule has 1 unspecified atom stereocenters. The van der Waals surface area contributed by atoms with E-state index in [0.717, 1.165) is 12.3 Å². The van der Waals surface area contributed by atoms with Crippen LogP contribution in [0.15, 0.2) is 47.1 Å². The molecular formula is C17H8F4N4O2. The summed E-state index contributed by atoms with van der Waals surface area (Å²) in [4.78, 5) is 19.5. The third kappa shape index (κ3) is 3.82. The van der Waals surface area contributed by atoms with Gasteiger partial charge in [-0.05, 0) is 12.1 Å². The van der Waals surface area contributed by atoms with E-state index < -0.39 is 29.6 Å². The quantitative estimate of drug-likeness (QED) is 0.508. The zero-order chi connectivity index (χ0) is 19.6. The first kappa shape index (κ1) is 18.2. The predicted molar refractivity (Wildman–Crippen MR) is 81.6 cm³/mol. The molecule has 2 aromatic heterocycles. The topological polar surface area (TPSA) is 92.7 Å². The minimum atomic E-state index is -4.76. The molecule has 2 heterocycles. The number of carbonyl (C=O) groups excluding carboxylic acids is 1. The Morgan fingerprint density at radius 2 is 1.85 bits per heavy atom. The summed E-state index contributed by atoms with van der Waals surface area (Å²) in [5, 5.41) is 12.5. The summed E-state index contributed by atoms with van der Waals surface area (Å²) in [7, 11) is 0. The van der Waals surface area contributed by atoms with E-state index in [1.54, 1.807) is 6.07 Å². The Bertz CT molecular complexity index is 1010. The van der Waals surface area contributed by atoms with Crippen molar-refractivity contribution in [2.24, 2.45) is 0 Å². The Balaban J connectivity index is 1.84. The average molecular weight is 376 g/mol. The van der Waals surface area contributed by atoms with Crippen molar-refractivity contribution in [2.45, 2.75) is 12.1 Å². The van der Waals surface area contributed by atoms with Gasteiger partial charge in [0.25, 0.3) is 0 Å². The van der Waals surface area contributed by atoms with Crippen molar-refractivity contribution in [1.29, 1.82) is 5.26 Å². The molecule has 6 nitrogen and oxygen atoms in total. The van der Waals surface area contributed by atoms with Crippen LogP contribution in [0, 0.1) is 17.1 Å². The maximum absolute atomic E-state index is 12.9. The van der Waals surface area contributed by atoms with Gasteiger partial charge in [0.05, 0.1) is 18.0 Å². The van der Waals surface area contributed by atoms with Crippen molar-refractivity contribution >= 4 is 5.78 Å². The van der Waals surface area contributed by atoms with Crippen LogP contribution in [0.1, 0.15) is 27.9 Å². The van der Waals surface area contributed by atoms with Gasteiger partial charge in [-0.2, -0.15) is 23.4 Å². The van der Waals surface area contributed by atoms with E-state index in [-0.39, 0.29) is 22.6 Å².